The molecule has 2 amide bonds. The maximum Gasteiger partial charge on any atom is 0.269 e. The van der Waals surface area contributed by atoms with Crippen LogP contribution >= 0.6 is 0 Å². The third-order valence-corrected chi connectivity index (χ3v) is 4.38. The fourth-order valence-corrected chi connectivity index (χ4v) is 2.76. The number of benzene rings is 1. The number of pyridine rings is 1. The van der Waals surface area contributed by atoms with E-state index < -0.39 is 6.10 Å². The highest BCUT2D eigenvalue weighted by Crippen LogP contribution is 2.20. The lowest BCUT2D eigenvalue weighted by atomic mass is 9.89. The highest BCUT2D eigenvalue weighted by Gasteiger charge is 2.30. The summed E-state index contributed by atoms with van der Waals surface area (Å²) in [4.78, 5) is 28.8. The molecule has 0 spiro atoms. The van der Waals surface area contributed by atoms with Gasteiger partial charge in [-0.15, -0.1) is 0 Å². The Balaban J connectivity index is 1.86. The molecule has 1 saturated carbocycles. The van der Waals surface area contributed by atoms with Crippen molar-refractivity contribution in [1.82, 2.24) is 15.6 Å². The van der Waals surface area contributed by atoms with Gasteiger partial charge in [-0.1, -0.05) is 30.3 Å². The molecule has 3 rings (SSSR count). The summed E-state index contributed by atoms with van der Waals surface area (Å²) in [6.07, 6.45) is 1.49. The number of nitrogens with zero attached hydrogens (tertiary/aromatic N) is 1. The van der Waals surface area contributed by atoms with E-state index in [1.807, 2.05) is 30.3 Å². The first-order chi connectivity index (χ1) is 12.1. The van der Waals surface area contributed by atoms with Crippen molar-refractivity contribution in [3.05, 3.63) is 65.0 Å². The summed E-state index contributed by atoms with van der Waals surface area (Å²) in [6.45, 7) is 0. The van der Waals surface area contributed by atoms with Crippen molar-refractivity contribution in [3.63, 3.8) is 0 Å². The van der Waals surface area contributed by atoms with Crippen molar-refractivity contribution in [1.29, 1.82) is 0 Å². The predicted molar refractivity (Wildman–Crippen MR) is 93.4 cm³/mol. The molecule has 2 atom stereocenters. The quantitative estimate of drug-likeness (QED) is 0.765. The van der Waals surface area contributed by atoms with Crippen molar-refractivity contribution in [2.75, 3.05) is 7.05 Å². The van der Waals surface area contributed by atoms with Crippen molar-refractivity contribution < 1.29 is 14.7 Å². The van der Waals surface area contributed by atoms with Gasteiger partial charge in [0, 0.05) is 24.7 Å². The molecule has 130 valence electrons. The molecule has 1 unspecified atom stereocenters. The first-order valence-corrected chi connectivity index (χ1v) is 8.32. The van der Waals surface area contributed by atoms with Gasteiger partial charge in [0.1, 0.15) is 5.69 Å². The van der Waals surface area contributed by atoms with Gasteiger partial charge in [0.25, 0.3) is 11.8 Å². The number of aliphatic hydroxyl groups is 1. The Hall–Kier alpha value is -2.73. The van der Waals surface area contributed by atoms with Crippen LogP contribution in [0.3, 0.4) is 0 Å². The highest BCUT2D eigenvalue weighted by molar-refractivity contribution is 5.98. The summed E-state index contributed by atoms with van der Waals surface area (Å²) in [7, 11) is 1.53. The summed E-state index contributed by atoms with van der Waals surface area (Å²) in [6, 6.07) is 12.7. The van der Waals surface area contributed by atoms with Gasteiger partial charge in [-0.2, -0.15) is 0 Å². The number of hydrogen-bond donors (Lipinski definition) is 3. The summed E-state index contributed by atoms with van der Waals surface area (Å²) in [5.41, 5.74) is 2.27. The average molecular weight is 339 g/mol. The lowest BCUT2D eigenvalue weighted by Gasteiger charge is -2.32. The fourth-order valence-electron chi connectivity index (χ4n) is 2.76. The summed E-state index contributed by atoms with van der Waals surface area (Å²) >= 11 is 0. The SMILES string of the molecule is CNC(=O)c1cc(C(=O)NC2CC[C@@H]2O)cc(Cc2ccccc2)n1. The summed E-state index contributed by atoms with van der Waals surface area (Å²) in [5.74, 6) is -0.641. The Morgan fingerprint density at radius 1 is 1.16 bits per heavy atom. The molecule has 1 aliphatic rings. The molecule has 6 nitrogen and oxygen atoms in total. The van der Waals surface area contributed by atoms with E-state index in [4.69, 9.17) is 0 Å². The Labute approximate surface area is 146 Å². The van der Waals surface area contributed by atoms with Gasteiger partial charge in [-0.05, 0) is 30.5 Å². The third kappa shape index (κ3) is 4.03. The maximum atomic E-state index is 12.5. The highest BCUT2D eigenvalue weighted by atomic mass is 16.3. The lowest BCUT2D eigenvalue weighted by molar-refractivity contribution is 0.0447. The number of amides is 2. The number of hydrogen-bond acceptors (Lipinski definition) is 4. The van der Waals surface area contributed by atoms with Crippen molar-refractivity contribution in [2.24, 2.45) is 0 Å². The summed E-state index contributed by atoms with van der Waals surface area (Å²) < 4.78 is 0. The first-order valence-electron chi connectivity index (χ1n) is 8.32. The van der Waals surface area contributed by atoms with E-state index in [9.17, 15) is 14.7 Å². The molecular formula is C19H21N3O3. The van der Waals surface area contributed by atoms with E-state index >= 15 is 0 Å². The van der Waals surface area contributed by atoms with Gasteiger partial charge >= 0.3 is 0 Å². The monoisotopic (exact) mass is 339 g/mol. The second kappa shape index (κ2) is 7.44. The predicted octanol–water partition coefficient (Wildman–Crippen LogP) is 1.29. The molecule has 1 heterocycles. The average Bonchev–Trinajstić information content (AvgIpc) is 2.64. The molecular weight excluding hydrogens is 318 g/mol. The third-order valence-electron chi connectivity index (χ3n) is 4.38. The van der Waals surface area contributed by atoms with Crippen LogP contribution in [0.25, 0.3) is 0 Å². The molecule has 0 saturated heterocycles. The minimum atomic E-state index is -0.493. The Morgan fingerprint density at radius 2 is 1.92 bits per heavy atom. The van der Waals surface area contributed by atoms with E-state index in [0.717, 1.165) is 12.0 Å². The molecule has 0 bridgehead atoms. The number of aliphatic hydroxyl groups excluding tert-OH is 1. The molecule has 2 aromatic rings. The van der Waals surface area contributed by atoms with Crippen LogP contribution in [0.4, 0.5) is 0 Å². The zero-order chi connectivity index (χ0) is 17.8. The number of carbonyl (C=O) groups excluding carboxylic acids is 2. The molecule has 1 aliphatic carbocycles. The van der Waals surface area contributed by atoms with E-state index in [0.29, 0.717) is 24.1 Å². The maximum absolute atomic E-state index is 12.5. The topological polar surface area (TPSA) is 91.3 Å². The molecule has 6 heteroatoms. The van der Waals surface area contributed by atoms with Crippen LogP contribution < -0.4 is 10.6 Å². The van der Waals surface area contributed by atoms with Crippen LogP contribution in [0.5, 0.6) is 0 Å². The molecule has 1 aromatic heterocycles. The number of aromatic nitrogens is 1. The van der Waals surface area contributed by atoms with Gasteiger partial charge in [0.15, 0.2) is 0 Å². The first kappa shape index (κ1) is 17.1. The van der Waals surface area contributed by atoms with Gasteiger partial charge in [0.05, 0.1) is 12.1 Å². The molecule has 3 N–H and O–H groups in total. The van der Waals surface area contributed by atoms with Gasteiger partial charge < -0.3 is 15.7 Å². The van der Waals surface area contributed by atoms with Crippen LogP contribution in [0.2, 0.25) is 0 Å². The van der Waals surface area contributed by atoms with E-state index in [2.05, 4.69) is 15.6 Å². The number of nitrogens with one attached hydrogen (secondary N) is 2. The molecule has 25 heavy (non-hydrogen) atoms. The Morgan fingerprint density at radius 3 is 2.52 bits per heavy atom. The van der Waals surface area contributed by atoms with Crippen LogP contribution in [0.15, 0.2) is 42.5 Å². The van der Waals surface area contributed by atoms with E-state index in [-0.39, 0.29) is 23.6 Å². The van der Waals surface area contributed by atoms with Crippen LogP contribution in [0, 0.1) is 0 Å². The van der Waals surface area contributed by atoms with Crippen molar-refractivity contribution in [2.45, 2.75) is 31.4 Å². The second-order valence-corrected chi connectivity index (χ2v) is 6.20. The molecule has 1 fully saturated rings. The normalized spacial score (nSPS) is 19.0. The van der Waals surface area contributed by atoms with Crippen LogP contribution in [-0.2, 0) is 6.42 Å². The van der Waals surface area contributed by atoms with Crippen molar-refractivity contribution >= 4 is 11.8 Å². The summed E-state index contributed by atoms with van der Waals surface area (Å²) in [5, 5.41) is 15.0. The second-order valence-electron chi connectivity index (χ2n) is 6.20. The van der Waals surface area contributed by atoms with Gasteiger partial charge in [0.2, 0.25) is 0 Å². The standard InChI is InChI=1S/C19H21N3O3/c1-20-19(25)16-11-13(18(24)22-15-7-8-17(15)23)10-14(21-16)9-12-5-3-2-4-6-12/h2-6,10-11,15,17,23H,7-9H2,1H3,(H,20,25)(H,22,24)/t15?,17-/m0/s1. The zero-order valence-corrected chi connectivity index (χ0v) is 14.0. The largest absolute Gasteiger partial charge is 0.391 e. The lowest BCUT2D eigenvalue weighted by Crippen LogP contribution is -2.50. The smallest absolute Gasteiger partial charge is 0.269 e. The van der Waals surface area contributed by atoms with Crippen LogP contribution in [-0.4, -0.2) is 41.1 Å². The van der Waals surface area contributed by atoms with Gasteiger partial charge in [-0.3, -0.25) is 9.59 Å². The van der Waals surface area contributed by atoms with E-state index in [1.165, 1.54) is 13.1 Å². The van der Waals surface area contributed by atoms with Crippen molar-refractivity contribution in [3.8, 4) is 0 Å². The number of rotatable bonds is 5. The van der Waals surface area contributed by atoms with Crippen LogP contribution in [0.1, 0.15) is 44.9 Å². The molecule has 0 radical (unpaired) electrons. The Kier molecular flexibility index (Phi) is 5.09. The molecule has 0 aliphatic heterocycles. The number of carbonyl (C=O) groups is 2. The minimum Gasteiger partial charge on any atom is -0.391 e. The van der Waals surface area contributed by atoms with Gasteiger partial charge in [-0.25, -0.2) is 4.98 Å². The van der Waals surface area contributed by atoms with E-state index in [1.54, 1.807) is 6.07 Å². The minimum absolute atomic E-state index is 0.204. The zero-order valence-electron chi connectivity index (χ0n) is 14.0. The molecule has 1 aromatic carbocycles. The Bertz CT molecular complexity index is 777. The fraction of sp³-hybridized carbons (Fsp3) is 0.316.